The zero-order valence-corrected chi connectivity index (χ0v) is 12.5. The summed E-state index contributed by atoms with van der Waals surface area (Å²) >= 11 is 0. The standard InChI is InChI=1S/C6HF5O3S.Ba.2H/c7-1-2(8)4(10)6(15(12,13)14)5(11)3(1)9;;;/h(H,12,13,14);;;/q;+2;2*-1. The molecule has 16 heavy (non-hydrogen) atoms. The molecule has 1 aromatic carbocycles. The Balaban J connectivity index is -0.000000750. The number of hydrogen-bond donors (Lipinski definition) is 1. The number of benzene rings is 1. The van der Waals surface area contributed by atoms with Crippen molar-refractivity contribution >= 4 is 59.0 Å². The number of hydrogen-bond acceptors (Lipinski definition) is 2. The summed E-state index contributed by atoms with van der Waals surface area (Å²) in [5, 5.41) is 0. The fourth-order valence-corrected chi connectivity index (χ4v) is 1.44. The molecule has 0 spiro atoms. The van der Waals surface area contributed by atoms with Gasteiger partial charge in [-0.05, 0) is 0 Å². The Bertz CT molecular complexity index is 510. The normalized spacial score (nSPS) is 11.1. The molecule has 1 aromatic rings. The second kappa shape index (κ2) is 5.33. The van der Waals surface area contributed by atoms with E-state index >= 15 is 0 Å². The van der Waals surface area contributed by atoms with Gasteiger partial charge in [0.25, 0.3) is 0 Å². The van der Waals surface area contributed by atoms with Crippen LogP contribution in [0, 0.1) is 29.1 Å². The van der Waals surface area contributed by atoms with Crippen LogP contribution in [0.5, 0.6) is 0 Å². The first-order valence-electron chi connectivity index (χ1n) is 3.16. The van der Waals surface area contributed by atoms with Crippen LogP contribution in [0.25, 0.3) is 0 Å². The summed E-state index contributed by atoms with van der Waals surface area (Å²) in [5.74, 6) is -12.6. The Kier molecular flexibility index (Phi) is 5.45. The smallest absolute Gasteiger partial charge is 1.00 e. The van der Waals surface area contributed by atoms with Gasteiger partial charge in [-0.3, -0.25) is 4.55 Å². The molecule has 0 saturated heterocycles. The average molecular weight is 387 g/mol. The predicted octanol–water partition coefficient (Wildman–Crippen LogP) is 1.47. The Morgan fingerprint density at radius 2 is 1.06 bits per heavy atom. The van der Waals surface area contributed by atoms with Gasteiger partial charge in [0.15, 0.2) is 28.2 Å². The van der Waals surface area contributed by atoms with Crippen molar-refractivity contribution in [1.82, 2.24) is 0 Å². The molecule has 0 aliphatic heterocycles. The molecule has 0 aliphatic carbocycles. The van der Waals surface area contributed by atoms with Crippen LogP contribution < -0.4 is 0 Å². The van der Waals surface area contributed by atoms with Gasteiger partial charge in [0.2, 0.25) is 5.82 Å². The van der Waals surface area contributed by atoms with E-state index in [4.69, 9.17) is 4.55 Å². The summed E-state index contributed by atoms with van der Waals surface area (Å²) in [6, 6.07) is 0. The topological polar surface area (TPSA) is 54.4 Å². The van der Waals surface area contributed by atoms with Crippen LogP contribution >= 0.6 is 0 Å². The molecule has 3 nitrogen and oxygen atoms in total. The molecule has 0 radical (unpaired) electrons. The van der Waals surface area contributed by atoms with E-state index in [1.54, 1.807) is 0 Å². The van der Waals surface area contributed by atoms with E-state index in [9.17, 15) is 30.4 Å². The van der Waals surface area contributed by atoms with Crippen molar-refractivity contribution in [3.63, 3.8) is 0 Å². The van der Waals surface area contributed by atoms with Crippen molar-refractivity contribution < 1.29 is 37.8 Å². The molecule has 0 unspecified atom stereocenters. The van der Waals surface area contributed by atoms with Gasteiger partial charge in [0.1, 0.15) is 0 Å². The quantitative estimate of drug-likeness (QED) is 0.261. The van der Waals surface area contributed by atoms with Crippen molar-refractivity contribution in [3.05, 3.63) is 29.1 Å². The second-order valence-electron chi connectivity index (χ2n) is 2.37. The minimum absolute atomic E-state index is 0. The molecule has 0 bridgehead atoms. The first-order valence-corrected chi connectivity index (χ1v) is 4.61. The van der Waals surface area contributed by atoms with E-state index in [1.165, 1.54) is 0 Å². The van der Waals surface area contributed by atoms with Crippen molar-refractivity contribution in [3.8, 4) is 0 Å². The molecule has 1 N–H and O–H groups in total. The summed E-state index contributed by atoms with van der Waals surface area (Å²) in [5.41, 5.74) is 0. The minimum Gasteiger partial charge on any atom is -1.00 e. The van der Waals surface area contributed by atoms with Crippen LogP contribution in [0.2, 0.25) is 0 Å². The molecule has 10 heteroatoms. The molecule has 88 valence electrons. The maximum atomic E-state index is 12.6. The minimum atomic E-state index is -5.52. The zero-order chi connectivity index (χ0) is 12.0. The SMILES string of the molecule is O=S(=O)(O)c1c(F)c(F)c(F)c(F)c1F.[Ba+2].[H-].[H-]. The van der Waals surface area contributed by atoms with Crippen LogP contribution in [-0.2, 0) is 10.1 Å². The van der Waals surface area contributed by atoms with E-state index in [2.05, 4.69) is 0 Å². The maximum absolute atomic E-state index is 12.6. The molecule has 0 aliphatic rings. The van der Waals surface area contributed by atoms with Gasteiger partial charge in [-0.1, -0.05) is 0 Å². The van der Waals surface area contributed by atoms with Gasteiger partial charge >= 0.3 is 59.0 Å². The first-order chi connectivity index (χ1) is 6.68. The van der Waals surface area contributed by atoms with Crippen molar-refractivity contribution in [2.75, 3.05) is 0 Å². The van der Waals surface area contributed by atoms with E-state index in [-0.39, 0.29) is 51.7 Å². The Morgan fingerprint density at radius 3 is 1.31 bits per heavy atom. The monoisotopic (exact) mass is 388 g/mol. The molecule has 0 saturated carbocycles. The van der Waals surface area contributed by atoms with Gasteiger partial charge in [0.05, 0.1) is 0 Å². The van der Waals surface area contributed by atoms with Crippen molar-refractivity contribution in [2.24, 2.45) is 0 Å². The number of rotatable bonds is 1. The van der Waals surface area contributed by atoms with Crippen LogP contribution in [0.3, 0.4) is 0 Å². The molecule has 0 aromatic heterocycles. The van der Waals surface area contributed by atoms with Crippen LogP contribution in [0.1, 0.15) is 2.85 Å². The van der Waals surface area contributed by atoms with Crippen molar-refractivity contribution in [1.29, 1.82) is 0 Å². The van der Waals surface area contributed by atoms with Gasteiger partial charge in [-0.25, -0.2) is 22.0 Å². The Hall–Kier alpha value is 0.351. The van der Waals surface area contributed by atoms with Crippen LogP contribution in [0.15, 0.2) is 4.90 Å². The van der Waals surface area contributed by atoms with E-state index in [0.29, 0.717) is 0 Å². The Morgan fingerprint density at radius 1 is 0.812 bits per heavy atom. The molecule has 0 atom stereocenters. The maximum Gasteiger partial charge on any atom is 2.00 e. The van der Waals surface area contributed by atoms with E-state index in [0.717, 1.165) is 0 Å². The molecular formula is C6H3BaF5O3S. The predicted molar refractivity (Wildman–Crippen MR) is 44.0 cm³/mol. The molecule has 0 heterocycles. The molecular weight excluding hydrogens is 384 g/mol. The largest absolute Gasteiger partial charge is 2.00 e. The van der Waals surface area contributed by atoms with E-state index < -0.39 is 44.1 Å². The first kappa shape index (κ1) is 16.4. The second-order valence-corrected chi connectivity index (χ2v) is 3.73. The summed E-state index contributed by atoms with van der Waals surface area (Å²) in [6.07, 6.45) is 0. The fourth-order valence-electron chi connectivity index (χ4n) is 0.811. The van der Waals surface area contributed by atoms with Gasteiger partial charge in [-0.15, -0.1) is 0 Å². The van der Waals surface area contributed by atoms with E-state index in [1.807, 2.05) is 0 Å². The summed E-state index contributed by atoms with van der Waals surface area (Å²) in [6.45, 7) is 0. The molecule has 0 amide bonds. The van der Waals surface area contributed by atoms with Gasteiger partial charge < -0.3 is 2.85 Å². The fraction of sp³-hybridized carbons (Fsp3) is 0. The zero-order valence-electron chi connectivity index (χ0n) is 9.27. The van der Waals surface area contributed by atoms with Gasteiger partial charge in [-0.2, -0.15) is 8.42 Å². The third-order valence-electron chi connectivity index (χ3n) is 1.43. The Labute approximate surface area is 129 Å². The third kappa shape index (κ3) is 2.78. The van der Waals surface area contributed by atoms with Crippen molar-refractivity contribution in [2.45, 2.75) is 4.90 Å². The summed E-state index contributed by atoms with van der Waals surface area (Å²) in [4.78, 5) is -2.26. The molecule has 0 fully saturated rings. The third-order valence-corrected chi connectivity index (χ3v) is 2.30. The van der Waals surface area contributed by atoms with Crippen LogP contribution in [-0.4, -0.2) is 61.9 Å². The van der Waals surface area contributed by atoms with Gasteiger partial charge in [0, 0.05) is 0 Å². The number of halogens is 5. The summed E-state index contributed by atoms with van der Waals surface area (Å²) < 4.78 is 91.3. The summed E-state index contributed by atoms with van der Waals surface area (Å²) in [7, 11) is -5.52. The molecule has 1 rings (SSSR count). The average Bonchev–Trinajstić information content (AvgIpc) is 2.09. The van der Waals surface area contributed by atoms with Crippen LogP contribution in [0.4, 0.5) is 22.0 Å².